The Morgan fingerprint density at radius 2 is 1.94 bits per heavy atom. The number of hydrogen-bond donors (Lipinski definition) is 6. The van der Waals surface area contributed by atoms with E-state index < -0.39 is 17.1 Å². The molecule has 1 aliphatic heterocycles. The number of allylic oxidation sites excluding steroid dienone is 8. The maximum Gasteiger partial charge on any atom is 0.162 e. The molecule has 4 rings (SSSR count). The minimum Gasteiger partial charge on any atom is -0.396 e. The normalized spacial score (nSPS) is 30.4. The van der Waals surface area contributed by atoms with E-state index in [2.05, 4.69) is 31.8 Å². The van der Waals surface area contributed by atoms with Crippen molar-refractivity contribution < 1.29 is 25.2 Å². The lowest BCUT2D eigenvalue weighted by molar-refractivity contribution is -0.167. The van der Waals surface area contributed by atoms with Crippen LogP contribution in [0.2, 0.25) is 0 Å². The molecular formula is C40H58N2O5. The van der Waals surface area contributed by atoms with Gasteiger partial charge in [0, 0.05) is 30.9 Å². The summed E-state index contributed by atoms with van der Waals surface area (Å²) in [4.78, 5) is 14.0. The lowest BCUT2D eigenvalue weighted by Crippen LogP contribution is -2.59. The first-order valence-electron chi connectivity index (χ1n) is 17.5. The zero-order valence-corrected chi connectivity index (χ0v) is 29.0. The van der Waals surface area contributed by atoms with Gasteiger partial charge in [0.15, 0.2) is 5.78 Å². The van der Waals surface area contributed by atoms with Gasteiger partial charge >= 0.3 is 0 Å². The number of nitrogens with two attached hydrogens (primary N) is 1. The Hall–Kier alpha value is -2.65. The lowest BCUT2D eigenvalue weighted by atomic mass is 9.52. The fourth-order valence-corrected chi connectivity index (χ4v) is 8.66. The second-order valence-electron chi connectivity index (χ2n) is 14.5. The summed E-state index contributed by atoms with van der Waals surface area (Å²) < 4.78 is 0. The molecule has 258 valence electrons. The number of nitrogens with one attached hydrogen (secondary N) is 1. The molecular weight excluding hydrogens is 588 g/mol. The molecule has 1 spiro atoms. The van der Waals surface area contributed by atoms with Crippen molar-refractivity contribution in [3.05, 3.63) is 93.6 Å². The number of aliphatic hydroxyl groups is 4. The van der Waals surface area contributed by atoms with Crippen molar-refractivity contribution in [3.63, 3.8) is 0 Å². The minimum atomic E-state index is -1.19. The zero-order valence-electron chi connectivity index (χ0n) is 29.0. The quantitative estimate of drug-likeness (QED) is 0.0921. The summed E-state index contributed by atoms with van der Waals surface area (Å²) in [5.41, 5.74) is 12.1. The van der Waals surface area contributed by atoms with Gasteiger partial charge in [-0.25, -0.2) is 0 Å². The van der Waals surface area contributed by atoms with E-state index in [0.717, 1.165) is 59.2 Å². The molecule has 47 heavy (non-hydrogen) atoms. The molecule has 0 saturated heterocycles. The van der Waals surface area contributed by atoms with Crippen LogP contribution in [0.15, 0.2) is 76.9 Å². The van der Waals surface area contributed by atoms with Crippen LogP contribution in [0, 0.1) is 17.3 Å². The summed E-state index contributed by atoms with van der Waals surface area (Å²) in [5, 5.41) is 47.9. The van der Waals surface area contributed by atoms with Crippen LogP contribution in [-0.4, -0.2) is 57.7 Å². The third-order valence-corrected chi connectivity index (χ3v) is 11.3. The Morgan fingerprint density at radius 1 is 1.17 bits per heavy atom. The average molecular weight is 647 g/mol. The first-order valence-corrected chi connectivity index (χ1v) is 17.5. The maximum absolute atomic E-state index is 14.0. The number of fused-ring (bicyclic) bond motifs is 1. The van der Waals surface area contributed by atoms with Gasteiger partial charge in [0.25, 0.3) is 0 Å². The molecule has 7 nitrogen and oxygen atoms in total. The molecule has 2 aliphatic carbocycles. The summed E-state index contributed by atoms with van der Waals surface area (Å²) in [6, 6.07) is 6.00. The number of carbonyl (C=O) groups is 1. The van der Waals surface area contributed by atoms with E-state index in [4.69, 9.17) is 5.73 Å². The lowest BCUT2D eigenvalue weighted by Gasteiger charge is -2.55. The number of rotatable bonds is 13. The Morgan fingerprint density at radius 3 is 2.64 bits per heavy atom. The molecule has 0 aromatic heterocycles. The van der Waals surface area contributed by atoms with Crippen molar-refractivity contribution in [2.75, 3.05) is 19.8 Å². The molecule has 2 fully saturated rings. The zero-order chi connectivity index (χ0) is 34.4. The van der Waals surface area contributed by atoms with Crippen LogP contribution in [0.3, 0.4) is 0 Å². The van der Waals surface area contributed by atoms with Crippen molar-refractivity contribution in [3.8, 4) is 0 Å². The number of Topliss-reactive ketones (excluding diaryl/α,β-unsaturated/α-hetero) is 1. The smallest absolute Gasteiger partial charge is 0.162 e. The van der Waals surface area contributed by atoms with Gasteiger partial charge in [0.1, 0.15) is 0 Å². The van der Waals surface area contributed by atoms with E-state index in [1.165, 1.54) is 5.57 Å². The molecule has 1 heterocycles. The van der Waals surface area contributed by atoms with Crippen molar-refractivity contribution in [2.24, 2.45) is 23.0 Å². The predicted molar refractivity (Wildman–Crippen MR) is 189 cm³/mol. The molecule has 6 atom stereocenters. The third-order valence-electron chi connectivity index (χ3n) is 11.3. The van der Waals surface area contributed by atoms with Crippen LogP contribution in [0.5, 0.6) is 0 Å². The van der Waals surface area contributed by atoms with Crippen molar-refractivity contribution >= 4 is 5.78 Å². The molecule has 0 bridgehead atoms. The first kappa shape index (κ1) is 37.2. The highest BCUT2D eigenvalue weighted by Gasteiger charge is 2.64. The topological polar surface area (TPSA) is 136 Å². The van der Waals surface area contributed by atoms with Gasteiger partial charge < -0.3 is 26.2 Å². The molecule has 7 N–H and O–H groups in total. The summed E-state index contributed by atoms with van der Waals surface area (Å²) in [5.74, 6) is -0.577. The Balaban J connectivity index is 1.64. The van der Waals surface area contributed by atoms with Gasteiger partial charge in [0.05, 0.1) is 24.5 Å². The van der Waals surface area contributed by atoms with Crippen LogP contribution >= 0.6 is 0 Å². The number of carbonyl (C=O) groups excluding carboxylic acids is 1. The standard InChI is InChI=1S/C40H58N2O5/c1-26(2)10-6-11-27(3)12-7-14-30(25-44)33-18-21-40(37(33)46)35(16-9-23-43)31(17-20-39(40,5)47)28(4)36(45)24-29-13-8-15-34-32(29)19-22-42-38(34)41/h7-8,10,12-15,33,35,37-38,42-44,46-47H,3,6,9,11,16-25,41H2,1-2,4-5H3. The van der Waals surface area contributed by atoms with E-state index in [0.29, 0.717) is 44.1 Å². The Kier molecular flexibility index (Phi) is 12.8. The second kappa shape index (κ2) is 16.2. The molecule has 2 saturated carbocycles. The second-order valence-corrected chi connectivity index (χ2v) is 14.5. The van der Waals surface area contributed by atoms with E-state index in [9.17, 15) is 25.2 Å². The highest BCUT2D eigenvalue weighted by Crippen LogP contribution is 2.63. The average Bonchev–Trinajstić information content (AvgIpc) is 3.37. The maximum atomic E-state index is 14.0. The summed E-state index contributed by atoms with van der Waals surface area (Å²) in [6.45, 7) is 12.6. The van der Waals surface area contributed by atoms with Gasteiger partial charge in [-0.15, -0.1) is 0 Å². The van der Waals surface area contributed by atoms with Crippen LogP contribution in [0.25, 0.3) is 0 Å². The highest BCUT2D eigenvalue weighted by molar-refractivity contribution is 5.97. The van der Waals surface area contributed by atoms with Crippen molar-refractivity contribution in [1.29, 1.82) is 0 Å². The van der Waals surface area contributed by atoms with Gasteiger partial charge in [-0.1, -0.05) is 65.8 Å². The molecule has 7 heteroatoms. The fraction of sp³-hybridized carbons (Fsp3) is 0.575. The SMILES string of the molecule is C=C(C=CC=C(CO)C1CCC2(C(CCCO)C(=C(C)C(=O)Cc3cccc4c3CCNC4N)CCC2(C)O)C1O)CCC=C(C)C. The number of benzene rings is 1. The van der Waals surface area contributed by atoms with Crippen LogP contribution in [0.4, 0.5) is 0 Å². The van der Waals surface area contributed by atoms with E-state index in [-0.39, 0.29) is 43.4 Å². The fourth-order valence-electron chi connectivity index (χ4n) is 8.66. The molecule has 0 amide bonds. The summed E-state index contributed by atoms with van der Waals surface area (Å²) in [6.07, 6.45) is 12.8. The molecule has 3 aliphatic rings. The van der Waals surface area contributed by atoms with E-state index >= 15 is 0 Å². The van der Waals surface area contributed by atoms with Crippen LogP contribution in [0.1, 0.15) is 102 Å². The van der Waals surface area contributed by atoms with Gasteiger partial charge in [-0.2, -0.15) is 0 Å². The third kappa shape index (κ3) is 7.98. The Labute approximate surface area is 282 Å². The van der Waals surface area contributed by atoms with Crippen LogP contribution < -0.4 is 11.1 Å². The largest absolute Gasteiger partial charge is 0.396 e. The Bertz CT molecular complexity index is 1420. The van der Waals surface area contributed by atoms with Gasteiger partial charge in [0.2, 0.25) is 0 Å². The predicted octanol–water partition coefficient (Wildman–Crippen LogP) is 5.69. The number of hydrogen-bond acceptors (Lipinski definition) is 7. The van der Waals surface area contributed by atoms with E-state index in [1.54, 1.807) is 0 Å². The monoisotopic (exact) mass is 646 g/mol. The van der Waals surface area contributed by atoms with Gasteiger partial charge in [-0.05, 0) is 119 Å². The van der Waals surface area contributed by atoms with Crippen LogP contribution in [-0.2, 0) is 17.6 Å². The summed E-state index contributed by atoms with van der Waals surface area (Å²) >= 11 is 0. The highest BCUT2D eigenvalue weighted by atomic mass is 16.3. The molecule has 1 aromatic carbocycles. The summed E-state index contributed by atoms with van der Waals surface area (Å²) in [7, 11) is 0. The van der Waals surface area contributed by atoms with Crippen molar-refractivity contribution in [1.82, 2.24) is 5.32 Å². The number of ketones is 1. The van der Waals surface area contributed by atoms with E-state index in [1.807, 2.05) is 50.3 Å². The molecule has 6 unspecified atom stereocenters. The van der Waals surface area contributed by atoms with Crippen molar-refractivity contribution in [2.45, 2.75) is 110 Å². The molecule has 0 radical (unpaired) electrons. The van der Waals surface area contributed by atoms with Gasteiger partial charge in [-0.3, -0.25) is 10.1 Å². The number of aliphatic hydroxyl groups excluding tert-OH is 3. The molecule has 1 aromatic rings. The minimum absolute atomic E-state index is 0.0109. The first-order chi connectivity index (χ1) is 22.4.